The van der Waals surface area contributed by atoms with Crippen molar-refractivity contribution in [2.24, 2.45) is 0 Å². The molecular formula is C18H21N3O. The van der Waals surface area contributed by atoms with E-state index < -0.39 is 0 Å². The average molecular weight is 295 g/mol. The number of carbonyl (C=O) groups excluding carboxylic acids is 1. The normalized spacial score (nSPS) is 14.7. The fraction of sp³-hybridized carbons (Fsp3) is 0.333. The first-order valence-corrected chi connectivity index (χ1v) is 7.79. The SMILES string of the molecule is CN(C(=O)c1cncc(N2CCCCC2)c1)c1ccccc1. The van der Waals surface area contributed by atoms with Gasteiger partial charge in [0.25, 0.3) is 5.91 Å². The second-order valence-corrected chi connectivity index (χ2v) is 5.68. The number of hydrogen-bond acceptors (Lipinski definition) is 3. The highest BCUT2D eigenvalue weighted by molar-refractivity contribution is 6.06. The molecule has 0 atom stereocenters. The molecule has 0 saturated carbocycles. The number of para-hydroxylation sites is 1. The number of benzene rings is 1. The molecule has 1 aromatic heterocycles. The van der Waals surface area contributed by atoms with E-state index in [9.17, 15) is 4.79 Å². The summed E-state index contributed by atoms with van der Waals surface area (Å²) >= 11 is 0. The Labute approximate surface area is 131 Å². The van der Waals surface area contributed by atoms with Gasteiger partial charge in [0.2, 0.25) is 0 Å². The first-order chi connectivity index (χ1) is 10.8. The van der Waals surface area contributed by atoms with Crippen LogP contribution in [0, 0.1) is 0 Å². The second-order valence-electron chi connectivity index (χ2n) is 5.68. The van der Waals surface area contributed by atoms with E-state index in [2.05, 4.69) is 9.88 Å². The minimum Gasteiger partial charge on any atom is -0.370 e. The van der Waals surface area contributed by atoms with Crippen molar-refractivity contribution in [2.45, 2.75) is 19.3 Å². The van der Waals surface area contributed by atoms with Gasteiger partial charge >= 0.3 is 0 Å². The van der Waals surface area contributed by atoms with Crippen LogP contribution in [-0.2, 0) is 0 Å². The predicted octanol–water partition coefficient (Wildman–Crippen LogP) is 3.35. The van der Waals surface area contributed by atoms with E-state index in [1.54, 1.807) is 18.1 Å². The highest BCUT2D eigenvalue weighted by Crippen LogP contribution is 2.21. The summed E-state index contributed by atoms with van der Waals surface area (Å²) in [6.45, 7) is 2.10. The third kappa shape index (κ3) is 3.11. The van der Waals surface area contributed by atoms with Gasteiger partial charge in [-0.2, -0.15) is 0 Å². The molecule has 3 rings (SSSR count). The van der Waals surface area contributed by atoms with Crippen LogP contribution in [0.4, 0.5) is 11.4 Å². The van der Waals surface area contributed by atoms with Gasteiger partial charge in [-0.25, -0.2) is 0 Å². The maximum absolute atomic E-state index is 12.6. The molecule has 1 amide bonds. The highest BCUT2D eigenvalue weighted by atomic mass is 16.2. The molecule has 1 aromatic carbocycles. The van der Waals surface area contributed by atoms with Gasteiger partial charge in [0.15, 0.2) is 0 Å². The molecule has 2 aromatic rings. The second kappa shape index (κ2) is 6.60. The van der Waals surface area contributed by atoms with Crippen molar-refractivity contribution in [3.63, 3.8) is 0 Å². The van der Waals surface area contributed by atoms with Crippen molar-refractivity contribution < 1.29 is 4.79 Å². The quantitative estimate of drug-likeness (QED) is 0.871. The van der Waals surface area contributed by atoms with Crippen LogP contribution in [0.1, 0.15) is 29.6 Å². The van der Waals surface area contributed by atoms with Gasteiger partial charge in [0, 0.05) is 32.0 Å². The van der Waals surface area contributed by atoms with E-state index in [0.29, 0.717) is 5.56 Å². The van der Waals surface area contributed by atoms with E-state index in [0.717, 1.165) is 24.5 Å². The van der Waals surface area contributed by atoms with Gasteiger partial charge in [0.05, 0.1) is 17.4 Å². The van der Waals surface area contributed by atoms with Crippen LogP contribution >= 0.6 is 0 Å². The molecule has 0 spiro atoms. The standard InChI is InChI=1S/C18H21N3O/c1-20(16-8-4-2-5-9-16)18(22)15-12-17(14-19-13-15)21-10-6-3-7-11-21/h2,4-5,8-9,12-14H,3,6-7,10-11H2,1H3. The van der Waals surface area contributed by atoms with Crippen molar-refractivity contribution >= 4 is 17.3 Å². The van der Waals surface area contributed by atoms with Crippen molar-refractivity contribution in [1.82, 2.24) is 4.98 Å². The molecule has 2 heterocycles. The number of hydrogen-bond donors (Lipinski definition) is 0. The zero-order valence-corrected chi connectivity index (χ0v) is 12.9. The zero-order valence-electron chi connectivity index (χ0n) is 12.9. The molecule has 4 nitrogen and oxygen atoms in total. The highest BCUT2D eigenvalue weighted by Gasteiger charge is 2.17. The summed E-state index contributed by atoms with van der Waals surface area (Å²) in [7, 11) is 1.80. The molecule has 0 unspecified atom stereocenters. The van der Waals surface area contributed by atoms with Crippen LogP contribution in [0.15, 0.2) is 48.8 Å². The Hall–Kier alpha value is -2.36. The van der Waals surface area contributed by atoms with Crippen LogP contribution in [0.3, 0.4) is 0 Å². The Morgan fingerprint density at radius 1 is 1.09 bits per heavy atom. The Morgan fingerprint density at radius 3 is 2.55 bits per heavy atom. The van der Waals surface area contributed by atoms with Crippen molar-refractivity contribution in [3.8, 4) is 0 Å². The molecule has 1 aliphatic heterocycles. The Morgan fingerprint density at radius 2 is 1.82 bits per heavy atom. The number of carbonyl (C=O) groups is 1. The average Bonchev–Trinajstić information content (AvgIpc) is 2.62. The molecular weight excluding hydrogens is 274 g/mol. The topological polar surface area (TPSA) is 36.4 Å². The van der Waals surface area contributed by atoms with Crippen molar-refractivity contribution in [3.05, 3.63) is 54.4 Å². The van der Waals surface area contributed by atoms with Gasteiger partial charge in [0.1, 0.15) is 0 Å². The summed E-state index contributed by atoms with van der Waals surface area (Å²) in [4.78, 5) is 20.9. The summed E-state index contributed by atoms with van der Waals surface area (Å²) in [6, 6.07) is 11.6. The molecule has 1 saturated heterocycles. The number of anilines is 2. The van der Waals surface area contributed by atoms with Crippen molar-refractivity contribution in [1.29, 1.82) is 0 Å². The Balaban J connectivity index is 1.80. The molecule has 22 heavy (non-hydrogen) atoms. The van der Waals surface area contributed by atoms with Gasteiger partial charge in [-0.05, 0) is 37.5 Å². The lowest BCUT2D eigenvalue weighted by molar-refractivity contribution is 0.0992. The smallest absolute Gasteiger partial charge is 0.259 e. The summed E-state index contributed by atoms with van der Waals surface area (Å²) in [6.07, 6.45) is 7.21. The monoisotopic (exact) mass is 295 g/mol. The largest absolute Gasteiger partial charge is 0.370 e. The van der Waals surface area contributed by atoms with Gasteiger partial charge in [-0.1, -0.05) is 18.2 Å². The molecule has 0 N–H and O–H groups in total. The molecule has 114 valence electrons. The first-order valence-electron chi connectivity index (χ1n) is 7.79. The lowest BCUT2D eigenvalue weighted by Crippen LogP contribution is -2.30. The molecule has 1 fully saturated rings. The van der Waals surface area contributed by atoms with Crippen LogP contribution in [0.2, 0.25) is 0 Å². The zero-order chi connectivity index (χ0) is 15.4. The van der Waals surface area contributed by atoms with Gasteiger partial charge in [-0.15, -0.1) is 0 Å². The fourth-order valence-corrected chi connectivity index (χ4v) is 2.83. The number of aromatic nitrogens is 1. The van der Waals surface area contributed by atoms with Crippen LogP contribution in [0.5, 0.6) is 0 Å². The summed E-state index contributed by atoms with van der Waals surface area (Å²) in [5, 5.41) is 0. The lowest BCUT2D eigenvalue weighted by atomic mass is 10.1. The minimum atomic E-state index is -0.0300. The van der Waals surface area contributed by atoms with Crippen LogP contribution in [-0.4, -0.2) is 31.0 Å². The maximum atomic E-state index is 12.6. The first kappa shape index (κ1) is 14.6. The molecule has 0 bridgehead atoms. The van der Waals surface area contributed by atoms with Crippen molar-refractivity contribution in [2.75, 3.05) is 29.9 Å². The van der Waals surface area contributed by atoms with Gasteiger partial charge < -0.3 is 9.80 Å². The fourth-order valence-electron chi connectivity index (χ4n) is 2.83. The molecule has 4 heteroatoms. The number of pyridine rings is 1. The van der Waals surface area contributed by atoms with E-state index in [-0.39, 0.29) is 5.91 Å². The van der Waals surface area contributed by atoms with E-state index in [4.69, 9.17) is 0 Å². The van der Waals surface area contributed by atoms with Gasteiger partial charge in [-0.3, -0.25) is 9.78 Å². The third-order valence-electron chi connectivity index (χ3n) is 4.14. The van der Waals surface area contributed by atoms with E-state index in [1.165, 1.54) is 19.3 Å². The third-order valence-corrected chi connectivity index (χ3v) is 4.14. The Kier molecular flexibility index (Phi) is 4.37. The molecule has 0 radical (unpaired) electrons. The number of nitrogens with zero attached hydrogens (tertiary/aromatic N) is 3. The van der Waals surface area contributed by atoms with Crippen LogP contribution < -0.4 is 9.80 Å². The minimum absolute atomic E-state index is 0.0300. The summed E-state index contributed by atoms with van der Waals surface area (Å²) < 4.78 is 0. The lowest BCUT2D eigenvalue weighted by Gasteiger charge is -2.28. The predicted molar refractivity (Wildman–Crippen MR) is 89.5 cm³/mol. The van der Waals surface area contributed by atoms with E-state index in [1.807, 2.05) is 42.6 Å². The summed E-state index contributed by atoms with van der Waals surface area (Å²) in [5.41, 5.74) is 2.57. The van der Waals surface area contributed by atoms with E-state index >= 15 is 0 Å². The Bertz CT molecular complexity index is 636. The maximum Gasteiger partial charge on any atom is 0.259 e. The number of amides is 1. The summed E-state index contributed by atoms with van der Waals surface area (Å²) in [5.74, 6) is -0.0300. The molecule has 1 aliphatic rings. The number of rotatable bonds is 3. The molecule has 0 aliphatic carbocycles. The van der Waals surface area contributed by atoms with Crippen LogP contribution in [0.25, 0.3) is 0 Å². The number of piperidine rings is 1.